The van der Waals surface area contributed by atoms with E-state index >= 15 is 0 Å². The highest BCUT2D eigenvalue weighted by Crippen LogP contribution is 2.25. The summed E-state index contributed by atoms with van der Waals surface area (Å²) in [6, 6.07) is 5.56. The lowest BCUT2D eigenvalue weighted by molar-refractivity contribution is -0.111. The number of fused-ring (bicyclic) bond motifs is 1. The fraction of sp³-hybridized carbons (Fsp3) is 0.0870. The Balaban J connectivity index is 1.59. The van der Waals surface area contributed by atoms with Crippen molar-refractivity contribution >= 4 is 28.6 Å². The Kier molecular flexibility index (Phi) is 3.37. The quantitative estimate of drug-likeness (QED) is 0.532. The number of rotatable bonds is 4. The molecule has 1 N–H and O–H groups in total. The van der Waals surface area contributed by atoms with Gasteiger partial charge in [-0.3, -0.25) is 4.79 Å². The van der Waals surface area contributed by atoms with Crippen LogP contribution in [-0.2, 0) is 11.8 Å². The van der Waals surface area contributed by atoms with Crippen molar-refractivity contribution in [3.8, 4) is 11.3 Å². The first-order valence-corrected chi connectivity index (χ1v) is 8.62. The molecule has 0 spiro atoms. The van der Waals surface area contributed by atoms with Crippen molar-refractivity contribution in [2.24, 2.45) is 7.05 Å². The fourth-order valence-corrected chi connectivity index (χ4v) is 2.81. The van der Waals surface area contributed by atoms with Crippen molar-refractivity contribution in [2.75, 3.05) is 5.32 Å². The number of amides is 1. The van der Waals surface area contributed by atoms with Gasteiger partial charge in [-0.25, -0.2) is 9.97 Å². The Labute approximate surface area is 170 Å². The molecule has 0 aliphatic carbocycles. The average molecular weight is 373 g/mol. The number of nitrogens with zero attached hydrogens (tertiary/aromatic N) is 3. The summed E-state index contributed by atoms with van der Waals surface area (Å²) in [5.74, 6) is 0.697. The van der Waals surface area contributed by atoms with E-state index in [4.69, 9.17) is 6.85 Å². The second-order valence-electron chi connectivity index (χ2n) is 6.24. The Morgan fingerprint density at radius 3 is 2.68 bits per heavy atom. The summed E-state index contributed by atoms with van der Waals surface area (Å²) < 4.78 is 40.9. The summed E-state index contributed by atoms with van der Waals surface area (Å²) in [4.78, 5) is 21.0. The molecule has 2 heterocycles. The molecule has 28 heavy (non-hydrogen) atoms. The van der Waals surface area contributed by atoms with Crippen LogP contribution < -0.4 is 5.32 Å². The SMILES string of the molecule is [2H]c1c([2H])c([2H])c(/C=C/C(=O)Nc2cc3cc(-c4cnc(C)n4C)ccc3cn2)c([2H])c1[2H]. The first-order chi connectivity index (χ1) is 15.7. The van der Waals surface area contributed by atoms with Gasteiger partial charge in [0.25, 0.3) is 0 Å². The summed E-state index contributed by atoms with van der Waals surface area (Å²) in [5, 5.41) is 4.44. The fourth-order valence-electron chi connectivity index (χ4n) is 2.81. The van der Waals surface area contributed by atoms with Crippen LogP contribution in [0.3, 0.4) is 0 Å². The van der Waals surface area contributed by atoms with E-state index in [2.05, 4.69) is 15.3 Å². The molecule has 0 fully saturated rings. The van der Waals surface area contributed by atoms with E-state index in [0.29, 0.717) is 5.82 Å². The molecule has 0 saturated carbocycles. The third-order valence-corrected chi connectivity index (χ3v) is 4.41. The molecular formula is C23H20N4O. The molecule has 0 radical (unpaired) electrons. The van der Waals surface area contributed by atoms with Gasteiger partial charge >= 0.3 is 0 Å². The maximum atomic E-state index is 12.4. The second-order valence-corrected chi connectivity index (χ2v) is 6.24. The molecule has 4 rings (SSSR count). The Bertz CT molecular complexity index is 1420. The molecule has 0 bridgehead atoms. The lowest BCUT2D eigenvalue weighted by Gasteiger charge is -2.07. The molecule has 0 saturated heterocycles. The van der Waals surface area contributed by atoms with Crippen molar-refractivity contribution in [3.63, 3.8) is 0 Å². The molecule has 0 aliphatic heterocycles. The largest absolute Gasteiger partial charge is 0.331 e. The van der Waals surface area contributed by atoms with Crippen molar-refractivity contribution in [2.45, 2.75) is 6.92 Å². The highest BCUT2D eigenvalue weighted by Gasteiger charge is 2.07. The van der Waals surface area contributed by atoms with E-state index in [-0.39, 0.29) is 17.6 Å². The van der Waals surface area contributed by atoms with Gasteiger partial charge < -0.3 is 9.88 Å². The van der Waals surface area contributed by atoms with Crippen LogP contribution in [0.1, 0.15) is 18.2 Å². The Hall–Kier alpha value is -3.73. The van der Waals surface area contributed by atoms with Crippen LogP contribution in [0, 0.1) is 6.92 Å². The van der Waals surface area contributed by atoms with Crippen LogP contribution in [-0.4, -0.2) is 20.4 Å². The van der Waals surface area contributed by atoms with E-state index in [1.807, 2.05) is 42.9 Å². The summed E-state index contributed by atoms with van der Waals surface area (Å²) >= 11 is 0. The zero-order chi connectivity index (χ0) is 23.9. The van der Waals surface area contributed by atoms with Crippen LogP contribution >= 0.6 is 0 Å². The van der Waals surface area contributed by atoms with Crippen LogP contribution in [0.4, 0.5) is 5.82 Å². The maximum absolute atomic E-state index is 12.4. The molecule has 5 nitrogen and oxygen atoms in total. The number of aromatic nitrogens is 3. The summed E-state index contributed by atoms with van der Waals surface area (Å²) in [5.41, 5.74) is 1.90. The Morgan fingerprint density at radius 1 is 1.11 bits per heavy atom. The number of nitrogens with one attached hydrogen (secondary N) is 1. The average Bonchev–Trinajstić information content (AvgIpc) is 3.14. The van der Waals surface area contributed by atoms with Crippen LogP contribution in [0.15, 0.2) is 72.9 Å². The standard InChI is InChI=1S/C23H20N4O/c1-16-24-15-21(27(16)2)18-9-10-19-14-25-22(13-20(19)12-18)26-23(28)11-8-17-6-4-3-5-7-17/h3-15H,1-2H3,(H,25,26,28)/b11-8+/i3D,4D,5D,6D,7D. The molecule has 138 valence electrons. The van der Waals surface area contributed by atoms with Crippen molar-refractivity contribution in [1.82, 2.24) is 14.5 Å². The second kappa shape index (κ2) is 7.48. The highest BCUT2D eigenvalue weighted by molar-refractivity contribution is 6.02. The smallest absolute Gasteiger partial charge is 0.249 e. The van der Waals surface area contributed by atoms with Crippen molar-refractivity contribution in [1.29, 1.82) is 0 Å². The van der Waals surface area contributed by atoms with Gasteiger partial charge in [-0.15, -0.1) is 0 Å². The number of carbonyl (C=O) groups is 1. The van der Waals surface area contributed by atoms with Crippen LogP contribution in [0.25, 0.3) is 28.1 Å². The summed E-state index contributed by atoms with van der Waals surface area (Å²) in [7, 11) is 1.95. The van der Waals surface area contributed by atoms with E-state index in [0.717, 1.165) is 33.9 Å². The third kappa shape index (κ3) is 3.69. The minimum atomic E-state index is -0.535. The van der Waals surface area contributed by atoms with Gasteiger partial charge in [-0.2, -0.15) is 0 Å². The van der Waals surface area contributed by atoms with Gasteiger partial charge in [0.2, 0.25) is 5.91 Å². The number of aryl methyl sites for hydroxylation is 1. The minimum Gasteiger partial charge on any atom is -0.331 e. The van der Waals surface area contributed by atoms with E-state index in [9.17, 15) is 4.79 Å². The topological polar surface area (TPSA) is 59.8 Å². The van der Waals surface area contributed by atoms with E-state index < -0.39 is 24.0 Å². The number of pyridine rings is 1. The first-order valence-electron chi connectivity index (χ1n) is 11.1. The maximum Gasteiger partial charge on any atom is 0.249 e. The highest BCUT2D eigenvalue weighted by atomic mass is 16.1. The van der Waals surface area contributed by atoms with Gasteiger partial charge in [-0.05, 0) is 36.1 Å². The molecule has 0 aliphatic rings. The number of benzene rings is 2. The van der Waals surface area contributed by atoms with Crippen LogP contribution in [0.2, 0.25) is 0 Å². The molecular weight excluding hydrogens is 348 g/mol. The van der Waals surface area contributed by atoms with Gasteiger partial charge in [0.1, 0.15) is 11.6 Å². The van der Waals surface area contributed by atoms with Gasteiger partial charge in [-0.1, -0.05) is 42.3 Å². The van der Waals surface area contributed by atoms with Crippen molar-refractivity contribution < 1.29 is 11.6 Å². The molecule has 4 aromatic rings. The number of imidazole rings is 1. The van der Waals surface area contributed by atoms with Gasteiger partial charge in [0.05, 0.1) is 18.7 Å². The monoisotopic (exact) mass is 373 g/mol. The zero-order valence-electron chi connectivity index (χ0n) is 20.4. The predicted octanol–water partition coefficient (Wildman–Crippen LogP) is 4.60. The predicted molar refractivity (Wildman–Crippen MR) is 113 cm³/mol. The molecule has 1 amide bonds. The van der Waals surface area contributed by atoms with Crippen molar-refractivity contribution in [3.05, 3.63) is 84.3 Å². The number of hydrogen-bond donors (Lipinski definition) is 1. The minimum absolute atomic E-state index is 0.0567. The number of anilines is 1. The lowest BCUT2D eigenvalue weighted by atomic mass is 10.1. The molecule has 2 aromatic carbocycles. The van der Waals surface area contributed by atoms with Crippen LogP contribution in [0.5, 0.6) is 0 Å². The summed E-state index contributed by atoms with van der Waals surface area (Å²) in [6.07, 6.45) is 5.79. The molecule has 2 aromatic heterocycles. The number of hydrogen-bond acceptors (Lipinski definition) is 3. The van der Waals surface area contributed by atoms with Gasteiger partial charge in [0.15, 0.2) is 0 Å². The lowest BCUT2D eigenvalue weighted by Crippen LogP contribution is -2.09. The normalized spacial score (nSPS) is 13.7. The number of carbonyl (C=O) groups excluding carboxylic acids is 1. The third-order valence-electron chi connectivity index (χ3n) is 4.41. The van der Waals surface area contributed by atoms with Gasteiger partial charge in [0, 0.05) is 30.3 Å². The molecule has 0 unspecified atom stereocenters. The van der Waals surface area contributed by atoms with E-state index in [1.165, 1.54) is 6.08 Å². The molecule has 0 atom stereocenters. The summed E-state index contributed by atoms with van der Waals surface area (Å²) in [6.45, 7) is 1.93. The zero-order valence-corrected chi connectivity index (χ0v) is 15.4. The first kappa shape index (κ1) is 12.6. The molecule has 5 heteroatoms. The Morgan fingerprint density at radius 2 is 1.93 bits per heavy atom. The van der Waals surface area contributed by atoms with E-state index in [1.54, 1.807) is 12.3 Å².